The Balaban J connectivity index is 0.00000264. The summed E-state index contributed by atoms with van der Waals surface area (Å²) in [6.07, 6.45) is 4.40. The zero-order valence-electron chi connectivity index (χ0n) is 13.4. The van der Waals surface area contributed by atoms with E-state index in [4.69, 9.17) is 0 Å². The number of aromatic nitrogens is 1. The van der Waals surface area contributed by atoms with Crippen LogP contribution in [-0.4, -0.2) is 29.1 Å². The fraction of sp³-hybridized carbons (Fsp3) is 0.333. The summed E-state index contributed by atoms with van der Waals surface area (Å²) < 4.78 is 2.00. The second kappa shape index (κ2) is 10.1. The van der Waals surface area contributed by atoms with Crippen LogP contribution in [0.3, 0.4) is 0 Å². The molecule has 1 aromatic heterocycles. The van der Waals surface area contributed by atoms with Gasteiger partial charge in [0.1, 0.15) is 0 Å². The molecule has 23 heavy (non-hydrogen) atoms. The zero-order chi connectivity index (χ0) is 15.8. The summed E-state index contributed by atoms with van der Waals surface area (Å²) in [5, 5.41) is 9.18. The molecule has 2 aromatic rings. The molecule has 4 nitrogen and oxygen atoms in total. The van der Waals surface area contributed by atoms with Crippen LogP contribution in [0.5, 0.6) is 0 Å². The van der Waals surface area contributed by atoms with Crippen molar-refractivity contribution in [1.82, 2.24) is 4.90 Å². The van der Waals surface area contributed by atoms with Gasteiger partial charge < -0.3 is 27.0 Å². The Kier molecular flexibility index (Phi) is 8.51. The molecule has 0 bridgehead atoms. The number of rotatable bonds is 7. The molecule has 1 N–H and O–H groups in total. The van der Waals surface area contributed by atoms with Crippen LogP contribution in [0.2, 0.25) is 0 Å². The molecule has 1 amide bonds. The minimum absolute atomic E-state index is 0. The third-order valence-electron chi connectivity index (χ3n) is 3.58. The molecule has 124 valence electrons. The number of aliphatic hydroxyl groups excluding tert-OH is 1. The van der Waals surface area contributed by atoms with Gasteiger partial charge in [0.15, 0.2) is 18.9 Å². The first-order valence-electron chi connectivity index (χ1n) is 7.57. The molecular weight excluding hydrogens is 356 g/mol. The van der Waals surface area contributed by atoms with Gasteiger partial charge in [0.2, 0.25) is 5.91 Å². The first-order chi connectivity index (χ1) is 10.7. The number of pyridine rings is 1. The van der Waals surface area contributed by atoms with Gasteiger partial charge in [-0.25, -0.2) is 4.57 Å². The van der Waals surface area contributed by atoms with Gasteiger partial charge in [0, 0.05) is 25.2 Å². The maximum absolute atomic E-state index is 12.4. The molecule has 0 aliphatic carbocycles. The summed E-state index contributed by atoms with van der Waals surface area (Å²) in [6.45, 7) is 3.58. The average molecular weight is 379 g/mol. The molecular formula is C18H23BrN2O2. The molecule has 1 aromatic carbocycles. The van der Waals surface area contributed by atoms with Crippen LogP contribution < -0.4 is 21.5 Å². The number of amides is 1. The summed E-state index contributed by atoms with van der Waals surface area (Å²) in [5.41, 5.74) is 2.28. The van der Waals surface area contributed by atoms with Crippen LogP contribution in [0.15, 0.2) is 54.9 Å². The standard InChI is InChI=1S/C18H23N2O2.BrH/c1-16-7-10-19(11-8-16)12-9-18(22)20(13-14-21)15-17-5-3-2-4-6-17;/h2-8,10-11,21H,9,12-15H2,1H3;1H/q+1;/p-1. The fourth-order valence-corrected chi connectivity index (χ4v) is 2.28. The van der Waals surface area contributed by atoms with Crippen LogP contribution in [0, 0.1) is 6.92 Å². The molecule has 0 saturated heterocycles. The number of halogens is 1. The summed E-state index contributed by atoms with van der Waals surface area (Å²) in [6, 6.07) is 13.9. The van der Waals surface area contributed by atoms with E-state index in [-0.39, 0.29) is 29.5 Å². The van der Waals surface area contributed by atoms with Crippen LogP contribution in [0.1, 0.15) is 17.5 Å². The molecule has 0 aliphatic rings. The van der Waals surface area contributed by atoms with Crippen molar-refractivity contribution < 1.29 is 31.4 Å². The Morgan fingerprint density at radius 1 is 1.13 bits per heavy atom. The van der Waals surface area contributed by atoms with Gasteiger partial charge in [-0.1, -0.05) is 30.3 Å². The number of hydrogen-bond donors (Lipinski definition) is 1. The normalized spacial score (nSPS) is 10.0. The highest BCUT2D eigenvalue weighted by molar-refractivity contribution is 5.75. The molecule has 0 unspecified atom stereocenters. The smallest absolute Gasteiger partial charge is 0.229 e. The van der Waals surface area contributed by atoms with E-state index in [0.29, 0.717) is 26.1 Å². The molecule has 1 heterocycles. The van der Waals surface area contributed by atoms with Crippen LogP contribution in [-0.2, 0) is 17.9 Å². The lowest BCUT2D eigenvalue weighted by Crippen LogP contribution is -3.00. The Hall–Kier alpha value is -1.72. The van der Waals surface area contributed by atoms with Crippen LogP contribution >= 0.6 is 0 Å². The topological polar surface area (TPSA) is 44.4 Å². The van der Waals surface area contributed by atoms with Crippen molar-refractivity contribution in [1.29, 1.82) is 0 Å². The maximum Gasteiger partial charge on any atom is 0.229 e. The van der Waals surface area contributed by atoms with E-state index in [2.05, 4.69) is 0 Å². The number of carbonyl (C=O) groups is 1. The van der Waals surface area contributed by atoms with Crippen molar-refractivity contribution in [2.45, 2.75) is 26.4 Å². The Morgan fingerprint density at radius 2 is 1.78 bits per heavy atom. The highest BCUT2D eigenvalue weighted by atomic mass is 79.9. The highest BCUT2D eigenvalue weighted by Crippen LogP contribution is 2.06. The molecule has 0 spiro atoms. The lowest BCUT2D eigenvalue weighted by atomic mass is 10.2. The van der Waals surface area contributed by atoms with E-state index in [1.54, 1.807) is 4.90 Å². The van der Waals surface area contributed by atoms with Gasteiger partial charge in [0.25, 0.3) is 0 Å². The monoisotopic (exact) mass is 378 g/mol. The quantitative estimate of drug-likeness (QED) is 0.608. The zero-order valence-corrected chi connectivity index (χ0v) is 14.9. The molecule has 0 aliphatic heterocycles. The largest absolute Gasteiger partial charge is 1.00 e. The SMILES string of the molecule is Cc1cc[n+](CCC(=O)N(CCO)Cc2ccccc2)cc1.[Br-]. The van der Waals surface area contributed by atoms with Gasteiger partial charge in [-0.05, 0) is 18.1 Å². The van der Waals surface area contributed by atoms with E-state index in [1.807, 2.05) is 66.3 Å². The van der Waals surface area contributed by atoms with Gasteiger partial charge >= 0.3 is 0 Å². The first-order valence-corrected chi connectivity index (χ1v) is 7.57. The van der Waals surface area contributed by atoms with Crippen LogP contribution in [0.25, 0.3) is 0 Å². The third-order valence-corrected chi connectivity index (χ3v) is 3.58. The molecule has 0 saturated carbocycles. The van der Waals surface area contributed by atoms with E-state index in [0.717, 1.165) is 5.56 Å². The number of aryl methyl sites for hydroxylation is 2. The van der Waals surface area contributed by atoms with E-state index in [9.17, 15) is 9.90 Å². The number of carbonyl (C=O) groups excluding carboxylic acids is 1. The summed E-state index contributed by atoms with van der Waals surface area (Å²) in [4.78, 5) is 14.1. The second-order valence-electron chi connectivity index (χ2n) is 5.39. The Bertz CT molecular complexity index is 588. The average Bonchev–Trinajstić information content (AvgIpc) is 2.54. The lowest BCUT2D eigenvalue weighted by molar-refractivity contribution is -0.696. The Labute approximate surface area is 148 Å². The van der Waals surface area contributed by atoms with Gasteiger partial charge in [-0.2, -0.15) is 0 Å². The number of nitrogens with zero attached hydrogens (tertiary/aromatic N) is 2. The number of aliphatic hydroxyl groups is 1. The minimum Gasteiger partial charge on any atom is -1.00 e. The maximum atomic E-state index is 12.4. The molecule has 2 rings (SSSR count). The van der Waals surface area contributed by atoms with Crippen LogP contribution in [0.4, 0.5) is 0 Å². The van der Waals surface area contributed by atoms with E-state index in [1.165, 1.54) is 5.56 Å². The van der Waals surface area contributed by atoms with Gasteiger partial charge in [-0.3, -0.25) is 4.79 Å². The van der Waals surface area contributed by atoms with Crippen molar-refractivity contribution in [2.24, 2.45) is 0 Å². The van der Waals surface area contributed by atoms with E-state index < -0.39 is 0 Å². The van der Waals surface area contributed by atoms with Crippen molar-refractivity contribution in [3.63, 3.8) is 0 Å². The molecule has 0 atom stereocenters. The summed E-state index contributed by atoms with van der Waals surface area (Å²) in [5.74, 6) is 0.0611. The van der Waals surface area contributed by atoms with Crippen molar-refractivity contribution >= 4 is 5.91 Å². The van der Waals surface area contributed by atoms with E-state index >= 15 is 0 Å². The number of benzene rings is 1. The summed E-state index contributed by atoms with van der Waals surface area (Å²) in [7, 11) is 0. The van der Waals surface area contributed by atoms with Gasteiger partial charge in [-0.15, -0.1) is 0 Å². The third kappa shape index (κ3) is 6.50. The lowest BCUT2D eigenvalue weighted by Gasteiger charge is -2.21. The predicted octanol–water partition coefficient (Wildman–Crippen LogP) is -1.30. The minimum atomic E-state index is -0.0176. The Morgan fingerprint density at radius 3 is 2.39 bits per heavy atom. The van der Waals surface area contributed by atoms with Crippen molar-refractivity contribution in [2.75, 3.05) is 13.2 Å². The fourth-order valence-electron chi connectivity index (χ4n) is 2.28. The molecule has 0 radical (unpaired) electrons. The second-order valence-corrected chi connectivity index (χ2v) is 5.39. The summed E-state index contributed by atoms with van der Waals surface area (Å²) >= 11 is 0. The first kappa shape index (κ1) is 19.3. The van der Waals surface area contributed by atoms with Crippen molar-refractivity contribution in [3.8, 4) is 0 Å². The molecule has 5 heteroatoms. The highest BCUT2D eigenvalue weighted by Gasteiger charge is 2.15. The predicted molar refractivity (Wildman–Crippen MR) is 84.9 cm³/mol. The molecule has 0 fully saturated rings. The number of hydrogen-bond acceptors (Lipinski definition) is 2. The van der Waals surface area contributed by atoms with Gasteiger partial charge in [0.05, 0.1) is 13.0 Å². The van der Waals surface area contributed by atoms with Crippen molar-refractivity contribution in [3.05, 3.63) is 66.0 Å².